The number of hydrogen-bond donors (Lipinski definition) is 1. The summed E-state index contributed by atoms with van der Waals surface area (Å²) in [5, 5.41) is 16.1. The topological polar surface area (TPSA) is 88.3 Å². The van der Waals surface area contributed by atoms with Crippen LogP contribution in [0.2, 0.25) is 0 Å². The van der Waals surface area contributed by atoms with Gasteiger partial charge < -0.3 is 10.0 Å². The van der Waals surface area contributed by atoms with E-state index < -0.39 is 5.97 Å². The van der Waals surface area contributed by atoms with E-state index in [0.717, 1.165) is 24.8 Å². The molecule has 0 radical (unpaired) electrons. The first kappa shape index (κ1) is 16.2. The Labute approximate surface area is 139 Å². The molecule has 1 heterocycles. The van der Waals surface area contributed by atoms with Crippen molar-refractivity contribution in [2.45, 2.75) is 45.3 Å². The quantitative estimate of drug-likeness (QED) is 0.836. The normalized spacial score (nSPS) is 13.7. The third-order valence-corrected chi connectivity index (χ3v) is 4.15. The van der Waals surface area contributed by atoms with Crippen LogP contribution in [0.1, 0.15) is 41.4 Å². The summed E-state index contributed by atoms with van der Waals surface area (Å²) in [5.41, 5.74) is 2.21. The Morgan fingerprint density at radius 3 is 2.46 bits per heavy atom. The highest BCUT2D eigenvalue weighted by atomic mass is 16.4. The Kier molecular flexibility index (Phi) is 4.59. The third kappa shape index (κ3) is 3.79. The molecule has 7 nitrogen and oxygen atoms in total. The van der Waals surface area contributed by atoms with Crippen LogP contribution in [0.5, 0.6) is 0 Å². The van der Waals surface area contributed by atoms with Crippen molar-refractivity contribution in [2.24, 2.45) is 0 Å². The average molecular weight is 328 g/mol. The van der Waals surface area contributed by atoms with Gasteiger partial charge in [0.25, 0.3) is 0 Å². The Balaban J connectivity index is 1.67. The van der Waals surface area contributed by atoms with Crippen molar-refractivity contribution in [1.82, 2.24) is 19.9 Å². The number of carbonyl (C=O) groups is 2. The minimum Gasteiger partial charge on any atom is -0.476 e. The lowest BCUT2D eigenvalue weighted by Gasteiger charge is -2.22. The molecule has 0 saturated heterocycles. The van der Waals surface area contributed by atoms with Gasteiger partial charge >= 0.3 is 5.97 Å². The van der Waals surface area contributed by atoms with Gasteiger partial charge in [0.05, 0.1) is 6.20 Å². The predicted octanol–water partition coefficient (Wildman–Crippen LogP) is 1.73. The smallest absolute Gasteiger partial charge is 0.358 e. The van der Waals surface area contributed by atoms with Crippen LogP contribution in [-0.4, -0.2) is 42.9 Å². The molecule has 3 rings (SSSR count). The van der Waals surface area contributed by atoms with Crippen molar-refractivity contribution in [3.05, 3.63) is 47.3 Å². The summed E-state index contributed by atoms with van der Waals surface area (Å²) in [6.07, 6.45) is 4.29. The first-order chi connectivity index (χ1) is 11.6. The molecule has 1 aromatic heterocycles. The molecule has 1 N–H and O–H groups in total. The van der Waals surface area contributed by atoms with Gasteiger partial charge in [-0.15, -0.1) is 5.10 Å². The van der Waals surface area contributed by atoms with Crippen molar-refractivity contribution in [3.63, 3.8) is 0 Å². The van der Waals surface area contributed by atoms with E-state index in [-0.39, 0.29) is 24.2 Å². The van der Waals surface area contributed by atoms with E-state index in [4.69, 9.17) is 5.11 Å². The molecule has 1 fully saturated rings. The van der Waals surface area contributed by atoms with Crippen LogP contribution in [0.25, 0.3) is 0 Å². The second-order valence-electron chi connectivity index (χ2n) is 6.03. The van der Waals surface area contributed by atoms with Gasteiger partial charge in [0.15, 0.2) is 5.69 Å². The van der Waals surface area contributed by atoms with Crippen molar-refractivity contribution >= 4 is 11.9 Å². The molecule has 1 aromatic carbocycles. The van der Waals surface area contributed by atoms with Gasteiger partial charge in [0.1, 0.15) is 6.54 Å². The van der Waals surface area contributed by atoms with E-state index in [1.54, 1.807) is 0 Å². The molecule has 0 atom stereocenters. The van der Waals surface area contributed by atoms with Crippen LogP contribution in [-0.2, 0) is 24.3 Å². The average Bonchev–Trinajstić information content (AvgIpc) is 3.31. The maximum Gasteiger partial charge on any atom is 0.358 e. The maximum absolute atomic E-state index is 12.6. The number of carboxylic acids is 1. The minimum absolute atomic E-state index is 0.00379. The first-order valence-electron chi connectivity index (χ1n) is 8.07. The van der Waals surface area contributed by atoms with E-state index in [1.807, 2.05) is 4.90 Å². The lowest BCUT2D eigenvalue weighted by atomic mass is 10.1. The van der Waals surface area contributed by atoms with Gasteiger partial charge in [0.2, 0.25) is 5.91 Å². The lowest BCUT2D eigenvalue weighted by molar-refractivity contribution is -0.133. The number of aromatic carboxylic acids is 1. The summed E-state index contributed by atoms with van der Waals surface area (Å²) in [5.74, 6) is -1.22. The fourth-order valence-electron chi connectivity index (χ4n) is 2.59. The molecule has 126 valence electrons. The van der Waals surface area contributed by atoms with Gasteiger partial charge in [-0.05, 0) is 30.4 Å². The van der Waals surface area contributed by atoms with Gasteiger partial charge in [-0.25, -0.2) is 9.48 Å². The number of carboxylic acid groups (broad SMARTS) is 1. The Morgan fingerprint density at radius 1 is 1.25 bits per heavy atom. The number of nitrogens with zero attached hydrogens (tertiary/aromatic N) is 4. The molecule has 2 aromatic rings. The molecule has 1 saturated carbocycles. The van der Waals surface area contributed by atoms with Crippen LogP contribution >= 0.6 is 0 Å². The van der Waals surface area contributed by atoms with E-state index in [9.17, 15) is 9.59 Å². The highest BCUT2D eigenvalue weighted by Gasteiger charge is 2.32. The molecule has 7 heteroatoms. The number of aryl methyl sites for hydroxylation is 1. The summed E-state index contributed by atoms with van der Waals surface area (Å²) in [7, 11) is 0. The van der Waals surface area contributed by atoms with Crippen LogP contribution in [0.4, 0.5) is 0 Å². The molecular weight excluding hydrogens is 308 g/mol. The lowest BCUT2D eigenvalue weighted by Crippen LogP contribution is -2.35. The summed E-state index contributed by atoms with van der Waals surface area (Å²) in [4.78, 5) is 25.3. The Hall–Kier alpha value is -2.70. The van der Waals surface area contributed by atoms with E-state index in [0.29, 0.717) is 6.54 Å². The zero-order valence-corrected chi connectivity index (χ0v) is 13.6. The fourth-order valence-corrected chi connectivity index (χ4v) is 2.59. The van der Waals surface area contributed by atoms with Crippen LogP contribution in [0, 0.1) is 0 Å². The molecule has 1 aliphatic carbocycles. The largest absolute Gasteiger partial charge is 0.476 e. The molecule has 0 unspecified atom stereocenters. The van der Waals surface area contributed by atoms with Crippen molar-refractivity contribution in [2.75, 3.05) is 0 Å². The molecule has 24 heavy (non-hydrogen) atoms. The van der Waals surface area contributed by atoms with Gasteiger partial charge in [0, 0.05) is 12.6 Å². The summed E-state index contributed by atoms with van der Waals surface area (Å²) >= 11 is 0. The third-order valence-electron chi connectivity index (χ3n) is 4.15. The standard InChI is InChI=1S/C17H20N4O3/c1-2-12-3-5-13(6-4-12)9-21(14-7-8-14)16(22)11-20-10-15(17(23)24)18-19-20/h3-6,10,14H,2,7-9,11H2,1H3,(H,23,24). The summed E-state index contributed by atoms with van der Waals surface area (Å²) < 4.78 is 1.28. The molecule has 0 spiro atoms. The van der Waals surface area contributed by atoms with Crippen molar-refractivity contribution in [3.8, 4) is 0 Å². The van der Waals surface area contributed by atoms with E-state index in [1.165, 1.54) is 16.4 Å². The van der Waals surface area contributed by atoms with Crippen molar-refractivity contribution in [1.29, 1.82) is 0 Å². The van der Waals surface area contributed by atoms with Crippen LogP contribution in [0.15, 0.2) is 30.5 Å². The van der Waals surface area contributed by atoms with Gasteiger partial charge in [-0.2, -0.15) is 0 Å². The SMILES string of the molecule is CCc1ccc(CN(C(=O)Cn2cc(C(=O)O)nn2)C2CC2)cc1. The number of hydrogen-bond acceptors (Lipinski definition) is 4. The summed E-state index contributed by atoms with van der Waals surface area (Å²) in [6.45, 7) is 2.68. The second-order valence-corrected chi connectivity index (χ2v) is 6.03. The molecular formula is C17H20N4O3. The van der Waals surface area contributed by atoms with E-state index in [2.05, 4.69) is 41.5 Å². The zero-order chi connectivity index (χ0) is 17.1. The Bertz CT molecular complexity index is 735. The zero-order valence-electron chi connectivity index (χ0n) is 13.6. The molecule has 0 bridgehead atoms. The molecule has 1 amide bonds. The highest BCUT2D eigenvalue weighted by Crippen LogP contribution is 2.28. The van der Waals surface area contributed by atoms with Crippen molar-refractivity contribution < 1.29 is 14.7 Å². The summed E-state index contributed by atoms with van der Waals surface area (Å²) in [6, 6.07) is 8.55. The first-order valence-corrected chi connectivity index (χ1v) is 8.07. The van der Waals surface area contributed by atoms with Crippen LogP contribution in [0.3, 0.4) is 0 Å². The molecule has 1 aliphatic rings. The van der Waals surface area contributed by atoms with Gasteiger partial charge in [-0.3, -0.25) is 4.79 Å². The predicted molar refractivity (Wildman–Crippen MR) is 86.4 cm³/mol. The van der Waals surface area contributed by atoms with Gasteiger partial charge in [-0.1, -0.05) is 36.4 Å². The second kappa shape index (κ2) is 6.82. The van der Waals surface area contributed by atoms with Crippen LogP contribution < -0.4 is 0 Å². The minimum atomic E-state index is -1.15. The maximum atomic E-state index is 12.6. The number of aromatic nitrogens is 3. The highest BCUT2D eigenvalue weighted by molar-refractivity contribution is 5.84. The number of benzene rings is 1. The van der Waals surface area contributed by atoms with E-state index >= 15 is 0 Å². The number of carbonyl (C=O) groups excluding carboxylic acids is 1. The monoisotopic (exact) mass is 328 g/mol. The fraction of sp³-hybridized carbons (Fsp3) is 0.412. The number of amides is 1. The number of rotatable bonds is 7. The molecule has 0 aliphatic heterocycles. The Morgan fingerprint density at radius 2 is 1.92 bits per heavy atom.